The van der Waals surface area contributed by atoms with Gasteiger partial charge in [-0.1, -0.05) is 42.5 Å². The lowest BCUT2D eigenvalue weighted by atomic mass is 10.1. The average Bonchev–Trinajstić information content (AvgIpc) is 2.54. The Morgan fingerprint density at radius 2 is 1.62 bits per heavy atom. The molecule has 0 amide bonds. The van der Waals surface area contributed by atoms with Crippen molar-refractivity contribution < 1.29 is 4.74 Å². The summed E-state index contributed by atoms with van der Waals surface area (Å²) >= 11 is 4.17. The third kappa shape index (κ3) is 5.82. The van der Waals surface area contributed by atoms with E-state index in [4.69, 9.17) is 10.5 Å². The van der Waals surface area contributed by atoms with E-state index in [1.54, 1.807) is 0 Å². The van der Waals surface area contributed by atoms with Crippen LogP contribution in [0.2, 0.25) is 0 Å². The smallest absolute Gasteiger partial charge is 0.119 e. The monoisotopic (exact) mass is 301 g/mol. The predicted octanol–water partition coefficient (Wildman–Crippen LogP) is 3.69. The highest BCUT2D eigenvalue weighted by Crippen LogP contribution is 2.15. The van der Waals surface area contributed by atoms with Gasteiger partial charge in [-0.25, -0.2) is 0 Å². The fraction of sp³-hybridized carbons (Fsp3) is 0.333. The van der Waals surface area contributed by atoms with Crippen molar-refractivity contribution in [3.63, 3.8) is 0 Å². The summed E-state index contributed by atoms with van der Waals surface area (Å²) in [5.74, 6) is 1.65. The molecule has 0 bridgehead atoms. The van der Waals surface area contributed by atoms with Crippen LogP contribution in [0, 0.1) is 0 Å². The lowest BCUT2D eigenvalue weighted by molar-refractivity contribution is 0.303. The van der Waals surface area contributed by atoms with Crippen molar-refractivity contribution in [2.75, 3.05) is 12.4 Å². The van der Waals surface area contributed by atoms with Crippen molar-refractivity contribution in [1.29, 1.82) is 0 Å². The lowest BCUT2D eigenvalue weighted by Crippen LogP contribution is -2.22. The molecule has 0 spiro atoms. The number of nitrogens with two attached hydrogens (primary N) is 1. The molecule has 2 rings (SSSR count). The maximum Gasteiger partial charge on any atom is 0.119 e. The van der Waals surface area contributed by atoms with E-state index in [0.29, 0.717) is 6.61 Å². The highest BCUT2D eigenvalue weighted by Gasteiger charge is 2.00. The highest BCUT2D eigenvalue weighted by atomic mass is 32.1. The molecule has 2 aromatic carbocycles. The summed E-state index contributed by atoms with van der Waals surface area (Å²) in [6.07, 6.45) is 2.88. The number of hydrogen-bond donors (Lipinski definition) is 2. The highest BCUT2D eigenvalue weighted by molar-refractivity contribution is 7.80. The van der Waals surface area contributed by atoms with E-state index in [0.717, 1.165) is 30.8 Å². The molecule has 2 N–H and O–H groups in total. The van der Waals surface area contributed by atoms with E-state index in [-0.39, 0.29) is 6.04 Å². The van der Waals surface area contributed by atoms with Gasteiger partial charge in [-0.15, -0.1) is 0 Å². The summed E-state index contributed by atoms with van der Waals surface area (Å²) in [4.78, 5) is 0. The van der Waals surface area contributed by atoms with E-state index in [1.807, 2.05) is 18.2 Å². The van der Waals surface area contributed by atoms with Crippen molar-refractivity contribution >= 4 is 12.6 Å². The van der Waals surface area contributed by atoms with Crippen LogP contribution in [-0.4, -0.2) is 18.4 Å². The Morgan fingerprint density at radius 3 is 2.29 bits per heavy atom. The van der Waals surface area contributed by atoms with Crippen LogP contribution in [0.1, 0.15) is 24.0 Å². The van der Waals surface area contributed by atoms with Crippen LogP contribution < -0.4 is 10.5 Å². The van der Waals surface area contributed by atoms with Gasteiger partial charge in [0, 0.05) is 11.8 Å². The molecule has 0 fully saturated rings. The molecular formula is C18H23NOS. The Balaban J connectivity index is 1.77. The second kappa shape index (κ2) is 8.75. The summed E-state index contributed by atoms with van der Waals surface area (Å²) in [7, 11) is 0. The van der Waals surface area contributed by atoms with Crippen molar-refractivity contribution in [1.82, 2.24) is 0 Å². The molecular weight excluding hydrogens is 278 g/mol. The van der Waals surface area contributed by atoms with Crippen molar-refractivity contribution in [2.45, 2.75) is 25.3 Å². The lowest BCUT2D eigenvalue weighted by Gasteiger charge is -2.10. The van der Waals surface area contributed by atoms with Crippen LogP contribution in [0.25, 0.3) is 0 Å². The summed E-state index contributed by atoms with van der Waals surface area (Å²) < 4.78 is 5.73. The van der Waals surface area contributed by atoms with E-state index in [2.05, 4.69) is 49.0 Å². The minimum absolute atomic E-state index is 0.171. The van der Waals surface area contributed by atoms with E-state index in [9.17, 15) is 0 Å². The number of rotatable bonds is 8. The first-order valence-electron chi connectivity index (χ1n) is 7.40. The van der Waals surface area contributed by atoms with Crippen LogP contribution >= 0.6 is 12.6 Å². The summed E-state index contributed by atoms with van der Waals surface area (Å²) in [6, 6.07) is 19.0. The van der Waals surface area contributed by atoms with Gasteiger partial charge in [0.1, 0.15) is 5.75 Å². The fourth-order valence-corrected chi connectivity index (χ4v) is 2.34. The molecule has 0 saturated carbocycles. The average molecular weight is 301 g/mol. The van der Waals surface area contributed by atoms with Gasteiger partial charge in [-0.2, -0.15) is 12.6 Å². The van der Waals surface area contributed by atoms with Crippen LogP contribution in [0.5, 0.6) is 5.75 Å². The molecule has 2 nitrogen and oxygen atoms in total. The molecule has 21 heavy (non-hydrogen) atoms. The molecule has 112 valence electrons. The fourth-order valence-electron chi connectivity index (χ4n) is 2.16. The number of ether oxygens (including phenoxy) is 1. The van der Waals surface area contributed by atoms with Gasteiger partial charge in [-0.3, -0.25) is 0 Å². The minimum atomic E-state index is 0.171. The first kappa shape index (κ1) is 15.9. The van der Waals surface area contributed by atoms with Crippen molar-refractivity contribution in [2.24, 2.45) is 5.73 Å². The largest absolute Gasteiger partial charge is 0.494 e. The molecule has 0 aliphatic rings. The zero-order valence-electron chi connectivity index (χ0n) is 12.2. The van der Waals surface area contributed by atoms with Gasteiger partial charge < -0.3 is 10.5 Å². The first-order chi connectivity index (χ1) is 10.3. The second-order valence-corrected chi connectivity index (χ2v) is 5.60. The number of thiol groups is 1. The zero-order chi connectivity index (χ0) is 14.9. The third-order valence-electron chi connectivity index (χ3n) is 3.40. The maximum atomic E-state index is 5.81. The van der Waals surface area contributed by atoms with Crippen LogP contribution in [0.4, 0.5) is 0 Å². The van der Waals surface area contributed by atoms with Gasteiger partial charge in [0.2, 0.25) is 0 Å². The van der Waals surface area contributed by atoms with Crippen LogP contribution in [0.3, 0.4) is 0 Å². The van der Waals surface area contributed by atoms with E-state index >= 15 is 0 Å². The predicted molar refractivity (Wildman–Crippen MR) is 92.2 cm³/mol. The Morgan fingerprint density at radius 1 is 0.952 bits per heavy atom. The maximum absolute atomic E-state index is 5.81. The summed E-state index contributed by atoms with van der Waals surface area (Å²) in [6.45, 7) is 0.708. The second-order valence-electron chi connectivity index (χ2n) is 5.24. The Hall–Kier alpha value is -1.45. The molecule has 0 radical (unpaired) electrons. The molecule has 3 heteroatoms. The Kier molecular flexibility index (Phi) is 6.64. The number of hydrogen-bond acceptors (Lipinski definition) is 3. The number of benzene rings is 2. The quantitative estimate of drug-likeness (QED) is 0.576. The minimum Gasteiger partial charge on any atom is -0.494 e. The van der Waals surface area contributed by atoms with Crippen LogP contribution in [0.15, 0.2) is 54.6 Å². The molecule has 1 atom stereocenters. The normalized spacial score (nSPS) is 12.1. The SMILES string of the molecule is NC(CS)CCCOc1ccc(Cc2ccccc2)cc1. The zero-order valence-corrected chi connectivity index (χ0v) is 13.1. The molecule has 1 unspecified atom stereocenters. The molecule has 0 aromatic heterocycles. The van der Waals surface area contributed by atoms with Gasteiger partial charge >= 0.3 is 0 Å². The molecule has 0 aliphatic heterocycles. The standard InChI is InChI=1S/C18H23NOS/c19-17(14-21)7-4-12-20-18-10-8-16(9-11-18)13-15-5-2-1-3-6-15/h1-3,5-6,8-11,17,21H,4,7,12-14,19H2. The molecule has 0 saturated heterocycles. The molecule has 2 aromatic rings. The van der Waals surface area contributed by atoms with Gasteiger partial charge in [0.05, 0.1) is 6.61 Å². The van der Waals surface area contributed by atoms with Crippen molar-refractivity contribution in [3.8, 4) is 5.75 Å². The topological polar surface area (TPSA) is 35.2 Å². The van der Waals surface area contributed by atoms with E-state index < -0.39 is 0 Å². The van der Waals surface area contributed by atoms with Gasteiger partial charge in [-0.05, 0) is 42.5 Å². The summed E-state index contributed by atoms with van der Waals surface area (Å²) in [5.41, 5.74) is 8.44. The van der Waals surface area contributed by atoms with Gasteiger partial charge in [0.25, 0.3) is 0 Å². The third-order valence-corrected chi connectivity index (χ3v) is 3.87. The summed E-state index contributed by atoms with van der Waals surface area (Å²) in [5, 5.41) is 0. The molecule has 0 aliphatic carbocycles. The van der Waals surface area contributed by atoms with Crippen LogP contribution in [-0.2, 0) is 6.42 Å². The molecule has 0 heterocycles. The van der Waals surface area contributed by atoms with E-state index in [1.165, 1.54) is 11.1 Å². The van der Waals surface area contributed by atoms with Crippen molar-refractivity contribution in [3.05, 3.63) is 65.7 Å². The first-order valence-corrected chi connectivity index (χ1v) is 8.03. The van der Waals surface area contributed by atoms with Gasteiger partial charge in [0.15, 0.2) is 0 Å². The Labute approximate surface area is 132 Å². The Bertz CT molecular complexity index is 513.